The van der Waals surface area contributed by atoms with Crippen molar-refractivity contribution < 1.29 is 13.9 Å². The third-order valence-corrected chi connectivity index (χ3v) is 8.90. The van der Waals surface area contributed by atoms with Gasteiger partial charge in [-0.1, -0.05) is 65.7 Å². The van der Waals surface area contributed by atoms with Gasteiger partial charge in [0.25, 0.3) is 5.91 Å². The number of rotatable bonds is 7. The highest BCUT2D eigenvalue weighted by Crippen LogP contribution is 2.42. The molecule has 2 aliphatic heterocycles. The molecule has 7 nitrogen and oxygen atoms in total. The Morgan fingerprint density at radius 3 is 2.50 bits per heavy atom. The number of nitrogens with one attached hydrogen (secondary N) is 1. The molecular weight excluding hydrogens is 576 g/mol. The molecule has 4 aromatic rings. The van der Waals surface area contributed by atoms with Crippen LogP contribution in [-0.2, 0) is 26.6 Å². The molecule has 0 unspecified atom stereocenters. The minimum atomic E-state index is -0.752. The van der Waals surface area contributed by atoms with Crippen molar-refractivity contribution in [3.8, 4) is 28.0 Å². The van der Waals surface area contributed by atoms with Crippen molar-refractivity contribution in [2.24, 2.45) is 7.05 Å². The first-order valence-electron chi connectivity index (χ1n) is 13.9. The van der Waals surface area contributed by atoms with E-state index in [0.29, 0.717) is 53.3 Å². The van der Waals surface area contributed by atoms with Crippen LogP contribution in [0.2, 0.25) is 10.0 Å². The number of nitrogens with zero attached hydrogens (tertiary/aromatic N) is 4. The number of alkyl halides is 1. The van der Waals surface area contributed by atoms with Crippen LogP contribution in [0.1, 0.15) is 27.6 Å². The summed E-state index contributed by atoms with van der Waals surface area (Å²) in [4.78, 5) is 22.2. The maximum absolute atomic E-state index is 13.3. The van der Waals surface area contributed by atoms with Crippen molar-refractivity contribution in [2.45, 2.75) is 25.7 Å². The van der Waals surface area contributed by atoms with E-state index in [1.165, 1.54) is 0 Å². The number of anilines is 1. The number of likely N-dealkylation sites (tertiary alicyclic amines) is 1. The Morgan fingerprint density at radius 2 is 1.76 bits per heavy atom. The summed E-state index contributed by atoms with van der Waals surface area (Å²) >= 11 is 13.9. The minimum absolute atomic E-state index is 0.319. The zero-order valence-corrected chi connectivity index (χ0v) is 25.3. The zero-order valence-electron chi connectivity index (χ0n) is 23.8. The second-order valence-electron chi connectivity index (χ2n) is 11.0. The number of hydrogen-bond acceptors (Lipinski definition) is 5. The Morgan fingerprint density at radius 1 is 1.05 bits per heavy atom. The molecule has 0 radical (unpaired) electrons. The Hall–Kier alpha value is -3.43. The fourth-order valence-electron chi connectivity index (χ4n) is 5.76. The van der Waals surface area contributed by atoms with Gasteiger partial charge in [-0.3, -0.25) is 9.69 Å². The van der Waals surface area contributed by atoms with Crippen LogP contribution in [0.25, 0.3) is 22.3 Å². The third kappa shape index (κ3) is 5.40. The van der Waals surface area contributed by atoms with Crippen LogP contribution in [0.4, 0.5) is 10.1 Å². The molecule has 0 bridgehead atoms. The summed E-state index contributed by atoms with van der Waals surface area (Å²) in [6, 6.07) is 17.2. The van der Waals surface area contributed by atoms with E-state index in [9.17, 15) is 9.18 Å². The summed E-state index contributed by atoms with van der Waals surface area (Å²) in [5, 5.41) is 3.87. The number of hydrogen-bond donors (Lipinski definition) is 1. The predicted octanol–water partition coefficient (Wildman–Crippen LogP) is 6.46. The normalized spacial score (nSPS) is 15.8. The Labute approximate surface area is 254 Å². The van der Waals surface area contributed by atoms with E-state index in [1.54, 1.807) is 13.2 Å². The van der Waals surface area contributed by atoms with E-state index < -0.39 is 6.17 Å². The summed E-state index contributed by atoms with van der Waals surface area (Å²) in [5.41, 5.74) is 6.63. The molecule has 2 aliphatic rings. The highest BCUT2D eigenvalue weighted by molar-refractivity contribution is 6.39. The molecule has 6 rings (SSSR count). The Kier molecular flexibility index (Phi) is 7.98. The lowest BCUT2D eigenvalue weighted by atomic mass is 9.97. The number of imidazole rings is 1. The van der Waals surface area contributed by atoms with E-state index in [4.69, 9.17) is 27.9 Å². The molecule has 1 amide bonds. The number of halogens is 3. The maximum Gasteiger partial charge on any atom is 0.291 e. The van der Waals surface area contributed by atoms with Gasteiger partial charge in [0.05, 0.1) is 28.5 Å². The number of ether oxygens (including phenoxy) is 1. The number of carbonyl (C=O) groups is 1. The monoisotopic (exact) mass is 607 g/mol. The number of fused-ring (bicyclic) bond motifs is 1. The number of methoxy groups -OCH3 is 1. The lowest BCUT2D eigenvalue weighted by Crippen LogP contribution is -2.47. The van der Waals surface area contributed by atoms with Gasteiger partial charge in [0, 0.05) is 74.1 Å². The zero-order chi connectivity index (χ0) is 29.5. The molecule has 0 atom stereocenters. The second-order valence-corrected chi connectivity index (χ2v) is 11.7. The van der Waals surface area contributed by atoms with Gasteiger partial charge in [-0.05, 0) is 24.7 Å². The van der Waals surface area contributed by atoms with Crippen LogP contribution < -0.4 is 10.1 Å². The third-order valence-electron chi connectivity index (χ3n) is 8.09. The lowest BCUT2D eigenvalue weighted by Gasteiger charge is -2.34. The van der Waals surface area contributed by atoms with Crippen LogP contribution in [0, 0.1) is 0 Å². The molecule has 0 saturated carbocycles. The molecule has 0 spiro atoms. The van der Waals surface area contributed by atoms with Gasteiger partial charge in [0.2, 0.25) is 0 Å². The summed E-state index contributed by atoms with van der Waals surface area (Å²) < 4.78 is 20.8. The highest BCUT2D eigenvalue weighted by Gasteiger charge is 2.27. The van der Waals surface area contributed by atoms with Gasteiger partial charge in [-0.15, -0.1) is 0 Å². The topological polar surface area (TPSA) is 62.6 Å². The maximum atomic E-state index is 13.3. The Bertz CT molecular complexity index is 1670. The summed E-state index contributed by atoms with van der Waals surface area (Å²) in [7, 11) is 5.56. The molecule has 218 valence electrons. The van der Waals surface area contributed by atoms with Gasteiger partial charge < -0.3 is 19.5 Å². The van der Waals surface area contributed by atoms with Gasteiger partial charge in [-0.25, -0.2) is 9.37 Å². The summed E-state index contributed by atoms with van der Waals surface area (Å²) in [5.74, 6) is 0.760. The first-order valence-corrected chi connectivity index (χ1v) is 14.6. The van der Waals surface area contributed by atoms with Crippen molar-refractivity contribution in [3.05, 3.63) is 87.4 Å². The van der Waals surface area contributed by atoms with Crippen LogP contribution in [0.3, 0.4) is 0 Å². The second kappa shape index (κ2) is 11.7. The average molecular weight is 609 g/mol. The number of benzene rings is 3. The van der Waals surface area contributed by atoms with E-state index in [-0.39, 0.29) is 5.91 Å². The van der Waals surface area contributed by atoms with Gasteiger partial charge in [0.1, 0.15) is 11.9 Å². The summed E-state index contributed by atoms with van der Waals surface area (Å²) in [6.45, 7) is 3.16. The quantitative estimate of drug-likeness (QED) is 0.261. The smallest absolute Gasteiger partial charge is 0.291 e. The summed E-state index contributed by atoms with van der Waals surface area (Å²) in [6.07, 6.45) is 0.0955. The molecule has 10 heteroatoms. The number of amides is 1. The molecule has 1 aromatic heterocycles. The van der Waals surface area contributed by atoms with E-state index in [1.807, 2.05) is 72.1 Å². The molecule has 3 heterocycles. The fraction of sp³-hybridized carbons (Fsp3) is 0.312. The largest absolute Gasteiger partial charge is 0.496 e. The minimum Gasteiger partial charge on any atom is -0.496 e. The predicted molar refractivity (Wildman–Crippen MR) is 165 cm³/mol. The van der Waals surface area contributed by atoms with E-state index in [0.717, 1.165) is 52.4 Å². The average Bonchev–Trinajstić information content (AvgIpc) is 3.29. The van der Waals surface area contributed by atoms with Crippen LogP contribution in [0.15, 0.2) is 54.6 Å². The molecule has 3 aromatic carbocycles. The fourth-order valence-corrected chi connectivity index (χ4v) is 6.37. The standard InChI is InChI=1S/C32H32Cl2FN5O2/c1-38-13-12-27-26(18-38)36-31(39(27)2)32(41)37-25-9-5-8-24(30(25)34)23-7-4-6-22(29(23)33)19-10-11-20(28(14-19)42-3)15-40-16-21(35)17-40/h4-11,14,21H,12-13,15-18H2,1-3H3,(H,37,41). The van der Waals surface area contributed by atoms with Gasteiger partial charge >= 0.3 is 0 Å². The molecule has 1 saturated heterocycles. The van der Waals surface area contributed by atoms with Crippen molar-refractivity contribution >= 4 is 34.8 Å². The number of carbonyl (C=O) groups excluding carboxylic acids is 1. The number of likely N-dealkylation sites (N-methyl/N-ethyl adjacent to an activating group) is 1. The van der Waals surface area contributed by atoms with E-state index in [2.05, 4.69) is 15.2 Å². The molecule has 1 fully saturated rings. The molecule has 42 heavy (non-hydrogen) atoms. The lowest BCUT2D eigenvalue weighted by molar-refractivity contribution is 0.0584. The van der Waals surface area contributed by atoms with Crippen LogP contribution >= 0.6 is 23.2 Å². The highest BCUT2D eigenvalue weighted by atomic mass is 35.5. The first-order chi connectivity index (χ1) is 20.2. The molecular formula is C32H32Cl2FN5O2. The van der Waals surface area contributed by atoms with Crippen LogP contribution in [0.5, 0.6) is 5.75 Å². The Balaban J connectivity index is 1.27. The number of aromatic nitrogens is 2. The van der Waals surface area contributed by atoms with E-state index >= 15 is 0 Å². The van der Waals surface area contributed by atoms with Crippen molar-refractivity contribution in [2.75, 3.05) is 39.1 Å². The SMILES string of the molecule is COc1cc(-c2cccc(-c3cccc(NC(=O)c4nc5c(n4C)CCN(C)C5)c3Cl)c2Cl)ccc1CN1CC(F)C1. The van der Waals surface area contributed by atoms with Gasteiger partial charge in [-0.2, -0.15) is 0 Å². The van der Waals surface area contributed by atoms with Crippen molar-refractivity contribution in [3.63, 3.8) is 0 Å². The van der Waals surface area contributed by atoms with Gasteiger partial charge in [0.15, 0.2) is 5.82 Å². The van der Waals surface area contributed by atoms with Crippen molar-refractivity contribution in [1.82, 2.24) is 19.4 Å². The molecule has 1 N–H and O–H groups in total. The molecule has 0 aliphatic carbocycles. The first kappa shape index (κ1) is 28.7. The van der Waals surface area contributed by atoms with Crippen molar-refractivity contribution in [1.29, 1.82) is 0 Å². The van der Waals surface area contributed by atoms with Crippen LogP contribution in [-0.4, -0.2) is 65.2 Å².